The lowest BCUT2D eigenvalue weighted by atomic mass is 10.1. The first-order valence-electron chi connectivity index (χ1n) is 5.62. The summed E-state index contributed by atoms with van der Waals surface area (Å²) in [6.07, 6.45) is 0. The van der Waals surface area contributed by atoms with Crippen molar-refractivity contribution in [3.63, 3.8) is 0 Å². The molecule has 19 heavy (non-hydrogen) atoms. The standard InChI is InChI=1S/C15H10FN3/c1-10-3-2-4-11(8-17)15(10)19-14-6-5-13(16)7-12(14)9-18/h2-7,19H,1H3. The first-order chi connectivity index (χ1) is 9.15. The van der Waals surface area contributed by atoms with Crippen LogP contribution < -0.4 is 5.32 Å². The SMILES string of the molecule is Cc1cccc(C#N)c1Nc1ccc(F)cc1C#N. The summed E-state index contributed by atoms with van der Waals surface area (Å²) in [5.74, 6) is -0.465. The highest BCUT2D eigenvalue weighted by molar-refractivity contribution is 5.73. The number of nitrogens with zero attached hydrogens (tertiary/aromatic N) is 2. The highest BCUT2D eigenvalue weighted by Gasteiger charge is 2.09. The van der Waals surface area contributed by atoms with Gasteiger partial charge in [0.15, 0.2) is 0 Å². The quantitative estimate of drug-likeness (QED) is 0.886. The van der Waals surface area contributed by atoms with Crippen molar-refractivity contribution in [2.75, 3.05) is 5.32 Å². The Balaban J connectivity index is 2.49. The molecule has 0 atom stereocenters. The molecule has 1 N–H and O–H groups in total. The van der Waals surface area contributed by atoms with Crippen molar-refractivity contribution < 1.29 is 4.39 Å². The zero-order chi connectivity index (χ0) is 13.8. The minimum absolute atomic E-state index is 0.201. The second kappa shape index (κ2) is 5.20. The Labute approximate surface area is 110 Å². The molecule has 4 heteroatoms. The van der Waals surface area contributed by atoms with E-state index >= 15 is 0 Å². The van der Waals surface area contributed by atoms with Gasteiger partial charge >= 0.3 is 0 Å². The zero-order valence-electron chi connectivity index (χ0n) is 10.2. The third-order valence-corrected chi connectivity index (χ3v) is 2.75. The topological polar surface area (TPSA) is 59.6 Å². The van der Waals surface area contributed by atoms with Gasteiger partial charge in [0.2, 0.25) is 0 Å². The molecular weight excluding hydrogens is 241 g/mol. The Kier molecular flexibility index (Phi) is 3.45. The molecule has 0 unspecified atom stereocenters. The molecule has 0 aromatic heterocycles. The molecule has 92 valence electrons. The van der Waals surface area contributed by atoms with Gasteiger partial charge in [0.1, 0.15) is 18.0 Å². The van der Waals surface area contributed by atoms with Crippen LogP contribution in [0, 0.1) is 35.4 Å². The number of anilines is 2. The predicted octanol–water partition coefficient (Wildman–Crippen LogP) is 3.62. The maximum atomic E-state index is 13.1. The maximum absolute atomic E-state index is 13.1. The minimum atomic E-state index is -0.465. The summed E-state index contributed by atoms with van der Waals surface area (Å²) in [5, 5.41) is 21.1. The van der Waals surface area contributed by atoms with E-state index in [0.29, 0.717) is 16.9 Å². The molecule has 0 bridgehead atoms. The van der Waals surface area contributed by atoms with Crippen molar-refractivity contribution in [1.82, 2.24) is 0 Å². The molecule has 0 saturated heterocycles. The molecule has 3 nitrogen and oxygen atoms in total. The summed E-state index contributed by atoms with van der Waals surface area (Å²) >= 11 is 0. The molecule has 0 aliphatic heterocycles. The van der Waals surface area contributed by atoms with Crippen molar-refractivity contribution in [1.29, 1.82) is 10.5 Å². The van der Waals surface area contributed by atoms with Crippen LogP contribution in [0.25, 0.3) is 0 Å². The first-order valence-corrected chi connectivity index (χ1v) is 5.62. The fraction of sp³-hybridized carbons (Fsp3) is 0.0667. The highest BCUT2D eigenvalue weighted by Crippen LogP contribution is 2.26. The number of nitriles is 2. The van der Waals surface area contributed by atoms with Gasteiger partial charge < -0.3 is 5.32 Å². The van der Waals surface area contributed by atoms with E-state index in [9.17, 15) is 4.39 Å². The monoisotopic (exact) mass is 251 g/mol. The van der Waals surface area contributed by atoms with Crippen LogP contribution in [0.1, 0.15) is 16.7 Å². The van der Waals surface area contributed by atoms with E-state index in [1.165, 1.54) is 12.1 Å². The molecule has 0 heterocycles. The number of para-hydroxylation sites is 1. The Morgan fingerprint density at radius 3 is 2.47 bits per heavy atom. The number of nitrogens with one attached hydrogen (secondary N) is 1. The Bertz CT molecular complexity index is 708. The smallest absolute Gasteiger partial charge is 0.124 e. The van der Waals surface area contributed by atoms with E-state index in [2.05, 4.69) is 11.4 Å². The lowest BCUT2D eigenvalue weighted by molar-refractivity contribution is 0.627. The van der Waals surface area contributed by atoms with E-state index in [1.807, 2.05) is 19.1 Å². The summed E-state index contributed by atoms with van der Waals surface area (Å²) in [5.41, 5.74) is 2.68. The van der Waals surface area contributed by atoms with Crippen LogP contribution in [-0.2, 0) is 0 Å². The second-order valence-electron chi connectivity index (χ2n) is 4.04. The van der Waals surface area contributed by atoms with Crippen molar-refractivity contribution in [2.45, 2.75) is 6.92 Å². The van der Waals surface area contributed by atoms with Crippen molar-refractivity contribution in [2.24, 2.45) is 0 Å². The predicted molar refractivity (Wildman–Crippen MR) is 70.3 cm³/mol. The van der Waals surface area contributed by atoms with Crippen LogP contribution in [0.5, 0.6) is 0 Å². The molecule has 2 aromatic rings. The lowest BCUT2D eigenvalue weighted by Crippen LogP contribution is -1.99. The highest BCUT2D eigenvalue weighted by atomic mass is 19.1. The van der Waals surface area contributed by atoms with Crippen LogP contribution in [0.3, 0.4) is 0 Å². The van der Waals surface area contributed by atoms with E-state index in [1.54, 1.807) is 12.1 Å². The summed E-state index contributed by atoms with van der Waals surface area (Å²) in [6.45, 7) is 1.86. The Hall–Kier alpha value is -2.85. The molecule has 0 fully saturated rings. The van der Waals surface area contributed by atoms with Crippen molar-refractivity contribution in [3.8, 4) is 12.1 Å². The van der Waals surface area contributed by atoms with E-state index in [0.717, 1.165) is 11.6 Å². The largest absolute Gasteiger partial charge is 0.353 e. The van der Waals surface area contributed by atoms with Crippen molar-refractivity contribution >= 4 is 11.4 Å². The fourth-order valence-corrected chi connectivity index (χ4v) is 1.78. The van der Waals surface area contributed by atoms with Gasteiger partial charge in [-0.1, -0.05) is 12.1 Å². The number of halogens is 1. The molecule has 0 radical (unpaired) electrons. The molecule has 2 rings (SSSR count). The molecule has 0 aliphatic rings. The van der Waals surface area contributed by atoms with Gasteiger partial charge in [-0.25, -0.2) is 4.39 Å². The van der Waals surface area contributed by atoms with Crippen LogP contribution in [0.15, 0.2) is 36.4 Å². The molecular formula is C15H10FN3. The average Bonchev–Trinajstić information content (AvgIpc) is 2.42. The minimum Gasteiger partial charge on any atom is -0.353 e. The number of hydrogen-bond acceptors (Lipinski definition) is 3. The van der Waals surface area contributed by atoms with Gasteiger partial charge in [-0.2, -0.15) is 10.5 Å². The van der Waals surface area contributed by atoms with E-state index < -0.39 is 5.82 Å². The number of benzene rings is 2. The van der Waals surface area contributed by atoms with E-state index in [-0.39, 0.29) is 5.56 Å². The van der Waals surface area contributed by atoms with Gasteiger partial charge in [0.05, 0.1) is 22.5 Å². The molecule has 0 aliphatic carbocycles. The van der Waals surface area contributed by atoms with Crippen LogP contribution in [-0.4, -0.2) is 0 Å². The first kappa shape index (κ1) is 12.6. The maximum Gasteiger partial charge on any atom is 0.124 e. The number of hydrogen-bond donors (Lipinski definition) is 1. The van der Waals surface area contributed by atoms with Crippen LogP contribution >= 0.6 is 0 Å². The molecule has 0 amide bonds. The van der Waals surface area contributed by atoms with Gasteiger partial charge in [-0.05, 0) is 36.8 Å². The third kappa shape index (κ3) is 2.53. The summed E-state index contributed by atoms with van der Waals surface area (Å²) in [4.78, 5) is 0. The molecule has 0 saturated carbocycles. The Morgan fingerprint density at radius 2 is 1.79 bits per heavy atom. The Morgan fingerprint density at radius 1 is 1.05 bits per heavy atom. The van der Waals surface area contributed by atoms with Gasteiger partial charge in [0, 0.05) is 0 Å². The second-order valence-corrected chi connectivity index (χ2v) is 4.04. The molecule has 2 aromatic carbocycles. The third-order valence-electron chi connectivity index (χ3n) is 2.75. The van der Waals surface area contributed by atoms with Crippen LogP contribution in [0.4, 0.5) is 15.8 Å². The molecule has 0 spiro atoms. The van der Waals surface area contributed by atoms with Crippen LogP contribution in [0.2, 0.25) is 0 Å². The average molecular weight is 251 g/mol. The van der Waals surface area contributed by atoms with Crippen molar-refractivity contribution in [3.05, 3.63) is 58.9 Å². The fourth-order valence-electron chi connectivity index (χ4n) is 1.78. The normalized spacial score (nSPS) is 9.47. The number of rotatable bonds is 2. The van der Waals surface area contributed by atoms with Gasteiger partial charge in [0.25, 0.3) is 0 Å². The summed E-state index contributed by atoms with van der Waals surface area (Å²) in [7, 11) is 0. The summed E-state index contributed by atoms with van der Waals surface area (Å²) in [6, 6.07) is 13.3. The van der Waals surface area contributed by atoms with Gasteiger partial charge in [-0.3, -0.25) is 0 Å². The van der Waals surface area contributed by atoms with E-state index in [4.69, 9.17) is 10.5 Å². The van der Waals surface area contributed by atoms with Gasteiger partial charge in [-0.15, -0.1) is 0 Å². The zero-order valence-corrected chi connectivity index (χ0v) is 10.2. The number of aryl methyl sites for hydroxylation is 1. The lowest BCUT2D eigenvalue weighted by Gasteiger charge is -2.12. The summed E-state index contributed by atoms with van der Waals surface area (Å²) < 4.78 is 13.1.